The summed E-state index contributed by atoms with van der Waals surface area (Å²) < 4.78 is 0. The van der Waals surface area contributed by atoms with Crippen molar-refractivity contribution >= 4 is 11.6 Å². The van der Waals surface area contributed by atoms with Gasteiger partial charge in [-0.3, -0.25) is 4.79 Å². The number of piperidine rings is 1. The van der Waals surface area contributed by atoms with Gasteiger partial charge in [-0.2, -0.15) is 0 Å². The van der Waals surface area contributed by atoms with Crippen LogP contribution in [0, 0.1) is 5.92 Å². The molecule has 0 saturated carbocycles. The SMILES string of the molecule is CC(=O)NC1CC(C(C)O)CN(c2ccccc2)C1. The third kappa shape index (κ3) is 3.70. The molecular weight excluding hydrogens is 240 g/mol. The molecule has 19 heavy (non-hydrogen) atoms. The first kappa shape index (κ1) is 13.9. The van der Waals surface area contributed by atoms with Crippen LogP contribution in [0.1, 0.15) is 20.3 Å². The molecule has 0 bridgehead atoms. The molecule has 1 aliphatic rings. The molecule has 1 aromatic carbocycles. The van der Waals surface area contributed by atoms with Crippen LogP contribution in [0.3, 0.4) is 0 Å². The Kier molecular flexibility index (Phi) is 4.43. The molecule has 4 nitrogen and oxygen atoms in total. The topological polar surface area (TPSA) is 52.6 Å². The molecule has 0 aliphatic carbocycles. The standard InChI is InChI=1S/C15H22N2O2/c1-11(18)13-8-14(16-12(2)19)10-17(9-13)15-6-4-3-5-7-15/h3-7,11,13-14,18H,8-10H2,1-2H3,(H,16,19). The minimum atomic E-state index is -0.359. The molecule has 1 aromatic rings. The fourth-order valence-electron chi connectivity index (χ4n) is 2.73. The summed E-state index contributed by atoms with van der Waals surface area (Å²) in [5, 5.41) is 12.8. The third-order valence-corrected chi connectivity index (χ3v) is 3.69. The van der Waals surface area contributed by atoms with Gasteiger partial charge >= 0.3 is 0 Å². The number of rotatable bonds is 3. The molecule has 3 unspecified atom stereocenters. The number of benzene rings is 1. The Balaban J connectivity index is 2.12. The number of carbonyl (C=O) groups excluding carboxylic acids is 1. The molecule has 4 heteroatoms. The predicted octanol–water partition coefficient (Wildman–Crippen LogP) is 1.40. The minimum absolute atomic E-state index is 0.00995. The van der Waals surface area contributed by atoms with E-state index in [1.165, 1.54) is 0 Å². The summed E-state index contributed by atoms with van der Waals surface area (Å²) in [6.45, 7) is 4.99. The molecule has 104 valence electrons. The van der Waals surface area contributed by atoms with Crippen LogP contribution < -0.4 is 10.2 Å². The van der Waals surface area contributed by atoms with Gasteiger partial charge in [0, 0.05) is 37.7 Å². The van der Waals surface area contributed by atoms with Gasteiger partial charge < -0.3 is 15.3 Å². The van der Waals surface area contributed by atoms with Crippen molar-refractivity contribution in [1.29, 1.82) is 0 Å². The minimum Gasteiger partial charge on any atom is -0.393 e. The molecule has 0 radical (unpaired) electrons. The Morgan fingerprint density at radius 1 is 1.37 bits per heavy atom. The third-order valence-electron chi connectivity index (χ3n) is 3.69. The van der Waals surface area contributed by atoms with Gasteiger partial charge in [0.25, 0.3) is 0 Å². The van der Waals surface area contributed by atoms with Crippen molar-refractivity contribution in [1.82, 2.24) is 5.32 Å². The normalized spacial score (nSPS) is 24.9. The molecule has 0 aromatic heterocycles. The van der Waals surface area contributed by atoms with Gasteiger partial charge in [-0.1, -0.05) is 18.2 Å². The second-order valence-electron chi connectivity index (χ2n) is 5.37. The summed E-state index contributed by atoms with van der Waals surface area (Å²) in [5.41, 5.74) is 1.14. The summed E-state index contributed by atoms with van der Waals surface area (Å²) in [7, 11) is 0. The first-order valence-corrected chi connectivity index (χ1v) is 6.81. The number of amides is 1. The number of hydrogen-bond acceptors (Lipinski definition) is 3. The number of anilines is 1. The Hall–Kier alpha value is -1.55. The molecule has 1 aliphatic heterocycles. The lowest BCUT2D eigenvalue weighted by molar-refractivity contribution is -0.119. The van der Waals surface area contributed by atoms with Crippen LogP contribution in [-0.4, -0.2) is 36.2 Å². The van der Waals surface area contributed by atoms with Crippen molar-refractivity contribution in [3.05, 3.63) is 30.3 Å². The lowest BCUT2D eigenvalue weighted by Crippen LogP contribution is -2.52. The smallest absolute Gasteiger partial charge is 0.217 e. The van der Waals surface area contributed by atoms with E-state index in [0.29, 0.717) is 0 Å². The molecule has 1 heterocycles. The summed E-state index contributed by atoms with van der Waals surface area (Å²) in [4.78, 5) is 13.5. The van der Waals surface area contributed by atoms with Crippen molar-refractivity contribution < 1.29 is 9.90 Å². The molecule has 1 amide bonds. The van der Waals surface area contributed by atoms with Crippen molar-refractivity contribution in [3.63, 3.8) is 0 Å². The number of aliphatic hydroxyl groups is 1. The van der Waals surface area contributed by atoms with Crippen LogP contribution in [0.5, 0.6) is 0 Å². The Bertz CT molecular complexity index is 419. The Morgan fingerprint density at radius 3 is 2.63 bits per heavy atom. The van der Waals surface area contributed by atoms with Crippen molar-refractivity contribution in [2.75, 3.05) is 18.0 Å². The molecule has 3 atom stereocenters. The van der Waals surface area contributed by atoms with Gasteiger partial charge in [0.2, 0.25) is 5.91 Å². The highest BCUT2D eigenvalue weighted by Gasteiger charge is 2.30. The average Bonchev–Trinajstić information content (AvgIpc) is 2.38. The monoisotopic (exact) mass is 262 g/mol. The summed E-state index contributed by atoms with van der Waals surface area (Å²) in [5.74, 6) is 0.176. The molecule has 0 spiro atoms. The molecule has 2 N–H and O–H groups in total. The second kappa shape index (κ2) is 6.06. The van der Waals surface area contributed by atoms with Gasteiger partial charge in [0.05, 0.1) is 6.10 Å². The van der Waals surface area contributed by atoms with E-state index in [0.717, 1.165) is 25.2 Å². The van der Waals surface area contributed by atoms with Crippen LogP contribution in [0.15, 0.2) is 30.3 Å². The van der Waals surface area contributed by atoms with E-state index >= 15 is 0 Å². The van der Waals surface area contributed by atoms with Gasteiger partial charge in [0.15, 0.2) is 0 Å². The summed E-state index contributed by atoms with van der Waals surface area (Å²) in [6, 6.07) is 10.2. The molecular formula is C15H22N2O2. The number of para-hydroxylation sites is 1. The molecule has 1 fully saturated rings. The number of hydrogen-bond donors (Lipinski definition) is 2. The van der Waals surface area contributed by atoms with E-state index in [2.05, 4.69) is 22.3 Å². The zero-order valence-electron chi connectivity index (χ0n) is 11.5. The van der Waals surface area contributed by atoms with Crippen molar-refractivity contribution in [2.45, 2.75) is 32.4 Å². The average molecular weight is 262 g/mol. The van der Waals surface area contributed by atoms with E-state index in [-0.39, 0.29) is 24.0 Å². The molecule has 1 saturated heterocycles. The fraction of sp³-hybridized carbons (Fsp3) is 0.533. The van der Waals surface area contributed by atoms with E-state index in [9.17, 15) is 9.90 Å². The fourth-order valence-corrected chi connectivity index (χ4v) is 2.73. The van der Waals surface area contributed by atoms with Crippen LogP contribution in [0.25, 0.3) is 0 Å². The zero-order valence-corrected chi connectivity index (χ0v) is 11.5. The van der Waals surface area contributed by atoms with E-state index < -0.39 is 0 Å². The first-order valence-electron chi connectivity index (χ1n) is 6.81. The largest absolute Gasteiger partial charge is 0.393 e. The number of aliphatic hydroxyl groups excluding tert-OH is 1. The van der Waals surface area contributed by atoms with E-state index in [1.54, 1.807) is 6.92 Å². The van der Waals surface area contributed by atoms with Gasteiger partial charge in [-0.05, 0) is 25.5 Å². The van der Waals surface area contributed by atoms with Gasteiger partial charge in [-0.25, -0.2) is 0 Å². The lowest BCUT2D eigenvalue weighted by Gasteiger charge is -2.40. The quantitative estimate of drug-likeness (QED) is 0.865. The van der Waals surface area contributed by atoms with Crippen LogP contribution in [-0.2, 0) is 4.79 Å². The second-order valence-corrected chi connectivity index (χ2v) is 5.37. The highest BCUT2D eigenvalue weighted by Crippen LogP contribution is 2.25. The van der Waals surface area contributed by atoms with E-state index in [4.69, 9.17) is 0 Å². The maximum absolute atomic E-state index is 11.2. The Morgan fingerprint density at radius 2 is 2.05 bits per heavy atom. The molecule has 2 rings (SSSR count). The van der Waals surface area contributed by atoms with Crippen molar-refractivity contribution in [3.8, 4) is 0 Å². The maximum Gasteiger partial charge on any atom is 0.217 e. The predicted molar refractivity (Wildman–Crippen MR) is 76.0 cm³/mol. The van der Waals surface area contributed by atoms with Crippen LogP contribution in [0.2, 0.25) is 0 Å². The maximum atomic E-state index is 11.2. The highest BCUT2D eigenvalue weighted by molar-refractivity contribution is 5.73. The van der Waals surface area contributed by atoms with Crippen LogP contribution in [0.4, 0.5) is 5.69 Å². The Labute approximate surface area is 114 Å². The number of carbonyl (C=O) groups is 1. The van der Waals surface area contributed by atoms with Gasteiger partial charge in [0.1, 0.15) is 0 Å². The zero-order chi connectivity index (χ0) is 13.8. The summed E-state index contributed by atoms with van der Waals surface area (Å²) in [6.07, 6.45) is 0.475. The van der Waals surface area contributed by atoms with E-state index in [1.807, 2.05) is 25.1 Å². The number of nitrogens with one attached hydrogen (secondary N) is 1. The summed E-state index contributed by atoms with van der Waals surface area (Å²) >= 11 is 0. The first-order chi connectivity index (χ1) is 9.06. The van der Waals surface area contributed by atoms with Crippen molar-refractivity contribution in [2.24, 2.45) is 5.92 Å². The number of nitrogens with zero attached hydrogens (tertiary/aromatic N) is 1. The van der Waals surface area contributed by atoms with Gasteiger partial charge in [-0.15, -0.1) is 0 Å². The lowest BCUT2D eigenvalue weighted by atomic mass is 9.90. The van der Waals surface area contributed by atoms with Crippen LogP contribution >= 0.6 is 0 Å². The highest BCUT2D eigenvalue weighted by atomic mass is 16.3.